The van der Waals surface area contributed by atoms with E-state index in [9.17, 15) is 14.7 Å². The maximum atomic E-state index is 11.8. The highest BCUT2D eigenvalue weighted by Gasteiger charge is 2.16. The van der Waals surface area contributed by atoms with Crippen LogP contribution in [0.25, 0.3) is 0 Å². The lowest BCUT2D eigenvalue weighted by Crippen LogP contribution is -2.39. The van der Waals surface area contributed by atoms with Gasteiger partial charge < -0.3 is 15.7 Å². The number of aliphatic hydroxyl groups excluding tert-OH is 1. The van der Waals surface area contributed by atoms with Gasteiger partial charge in [0.1, 0.15) is 6.10 Å². The highest BCUT2D eigenvalue weighted by atomic mass is 32.1. The van der Waals surface area contributed by atoms with E-state index in [4.69, 9.17) is 0 Å². The van der Waals surface area contributed by atoms with E-state index in [0.717, 1.165) is 20.2 Å². The van der Waals surface area contributed by atoms with E-state index in [1.807, 2.05) is 46.5 Å². The summed E-state index contributed by atoms with van der Waals surface area (Å²) < 4.78 is 0. The van der Waals surface area contributed by atoms with Crippen molar-refractivity contribution in [3.05, 3.63) is 66.7 Å². The summed E-state index contributed by atoms with van der Waals surface area (Å²) in [5.74, 6) is -1.31. The van der Waals surface area contributed by atoms with Gasteiger partial charge in [-0.05, 0) is 46.0 Å². The molecule has 1 unspecified atom stereocenters. The van der Waals surface area contributed by atoms with Crippen LogP contribution in [0.2, 0.25) is 0 Å². The van der Waals surface area contributed by atoms with E-state index < -0.39 is 17.9 Å². The quantitative estimate of drug-likeness (QED) is 0.565. The minimum atomic E-state index is -0.663. The number of thiophene rings is 3. The zero-order valence-corrected chi connectivity index (χ0v) is 15.5. The van der Waals surface area contributed by atoms with Crippen molar-refractivity contribution in [2.45, 2.75) is 19.2 Å². The van der Waals surface area contributed by atoms with Gasteiger partial charge in [0, 0.05) is 21.2 Å². The lowest BCUT2D eigenvalue weighted by molar-refractivity contribution is -0.139. The topological polar surface area (TPSA) is 78.4 Å². The Labute approximate surface area is 157 Å². The predicted molar refractivity (Wildman–Crippen MR) is 101 cm³/mol. The fraction of sp³-hybridized carbons (Fsp3) is 0.176. The van der Waals surface area contributed by atoms with E-state index in [2.05, 4.69) is 10.6 Å². The van der Waals surface area contributed by atoms with E-state index in [0.29, 0.717) is 6.54 Å². The minimum Gasteiger partial charge on any atom is -0.382 e. The van der Waals surface area contributed by atoms with Crippen LogP contribution < -0.4 is 10.6 Å². The first-order valence-electron chi connectivity index (χ1n) is 7.50. The van der Waals surface area contributed by atoms with Crippen molar-refractivity contribution in [2.75, 3.05) is 0 Å². The van der Waals surface area contributed by atoms with Gasteiger partial charge in [-0.25, -0.2) is 0 Å². The number of nitrogens with one attached hydrogen (secondary N) is 2. The van der Waals surface area contributed by atoms with Gasteiger partial charge in [-0.15, -0.1) is 22.7 Å². The molecule has 0 aliphatic carbocycles. The van der Waals surface area contributed by atoms with Crippen LogP contribution in [0.5, 0.6) is 0 Å². The van der Waals surface area contributed by atoms with E-state index >= 15 is 0 Å². The van der Waals surface area contributed by atoms with Crippen LogP contribution in [-0.2, 0) is 22.7 Å². The molecule has 0 aliphatic heterocycles. The third kappa shape index (κ3) is 4.76. The Balaban J connectivity index is 1.48. The monoisotopic (exact) mass is 392 g/mol. The molecule has 0 fully saturated rings. The fourth-order valence-corrected chi connectivity index (χ4v) is 4.56. The Morgan fingerprint density at radius 1 is 1.00 bits per heavy atom. The lowest BCUT2D eigenvalue weighted by atomic mass is 10.2. The van der Waals surface area contributed by atoms with E-state index in [-0.39, 0.29) is 6.54 Å². The molecule has 3 heterocycles. The first-order valence-corrected chi connectivity index (χ1v) is 10.1. The first-order chi connectivity index (χ1) is 12.1. The molecule has 0 aromatic carbocycles. The van der Waals surface area contributed by atoms with Crippen molar-refractivity contribution in [2.24, 2.45) is 0 Å². The molecular weight excluding hydrogens is 376 g/mol. The molecule has 1 atom stereocenters. The van der Waals surface area contributed by atoms with Crippen molar-refractivity contribution in [1.82, 2.24) is 10.6 Å². The van der Waals surface area contributed by atoms with Crippen molar-refractivity contribution < 1.29 is 14.7 Å². The average Bonchev–Trinajstić information content (AvgIpc) is 3.39. The minimum absolute atomic E-state index is 0.256. The highest BCUT2D eigenvalue weighted by Crippen LogP contribution is 2.30. The number of rotatable bonds is 6. The molecule has 3 rings (SSSR count). The van der Waals surface area contributed by atoms with Crippen molar-refractivity contribution >= 4 is 45.8 Å². The zero-order chi connectivity index (χ0) is 17.6. The molecular formula is C17H16N2O3S3. The molecule has 8 heteroatoms. The normalized spacial score (nSPS) is 11.9. The Kier molecular flexibility index (Phi) is 5.98. The Bertz CT molecular complexity index is 825. The van der Waals surface area contributed by atoms with E-state index in [1.165, 1.54) is 22.7 Å². The molecule has 0 bridgehead atoms. The van der Waals surface area contributed by atoms with Crippen molar-refractivity contribution in [1.29, 1.82) is 0 Å². The van der Waals surface area contributed by atoms with Crippen LogP contribution in [-0.4, -0.2) is 16.9 Å². The van der Waals surface area contributed by atoms with E-state index in [1.54, 1.807) is 11.3 Å². The van der Waals surface area contributed by atoms with Crippen LogP contribution in [0.1, 0.15) is 26.3 Å². The maximum absolute atomic E-state index is 11.8. The molecule has 0 saturated carbocycles. The molecule has 3 aromatic rings. The third-order valence-electron chi connectivity index (χ3n) is 3.43. The van der Waals surface area contributed by atoms with Gasteiger partial charge in [-0.1, -0.05) is 6.07 Å². The molecule has 0 aliphatic rings. The average molecular weight is 393 g/mol. The summed E-state index contributed by atoms with van der Waals surface area (Å²) in [6.07, 6.45) is -0.650. The standard InChI is InChI=1S/C17H16N2O3S3/c20-15(13-2-1-6-24-13)14-4-3-12(25-14)9-19-17(22)16(21)18-8-11-5-7-23-10-11/h1-7,10,15,20H,8-9H2,(H,18,21)(H,19,22). The summed E-state index contributed by atoms with van der Waals surface area (Å²) in [6, 6.07) is 9.36. The van der Waals surface area contributed by atoms with Crippen LogP contribution in [0.4, 0.5) is 0 Å². The molecule has 25 heavy (non-hydrogen) atoms. The molecule has 0 radical (unpaired) electrons. The number of carbonyl (C=O) groups is 2. The smallest absolute Gasteiger partial charge is 0.309 e. The Morgan fingerprint density at radius 3 is 2.48 bits per heavy atom. The summed E-state index contributed by atoms with van der Waals surface area (Å²) in [7, 11) is 0. The fourth-order valence-electron chi connectivity index (χ4n) is 2.13. The Hall–Kier alpha value is -2.00. The molecule has 2 amide bonds. The van der Waals surface area contributed by atoms with Crippen molar-refractivity contribution in [3.8, 4) is 0 Å². The van der Waals surface area contributed by atoms with Gasteiger partial charge in [0.05, 0.1) is 6.54 Å². The van der Waals surface area contributed by atoms with Crippen LogP contribution in [0, 0.1) is 0 Å². The number of amides is 2. The summed E-state index contributed by atoms with van der Waals surface area (Å²) in [4.78, 5) is 26.2. The number of aliphatic hydroxyl groups is 1. The van der Waals surface area contributed by atoms with Crippen LogP contribution in [0.3, 0.4) is 0 Å². The summed E-state index contributed by atoms with van der Waals surface area (Å²) in [6.45, 7) is 0.596. The number of hydrogen-bond donors (Lipinski definition) is 3. The van der Waals surface area contributed by atoms with Gasteiger partial charge in [0.15, 0.2) is 0 Å². The third-order valence-corrected chi connectivity index (χ3v) is 6.22. The van der Waals surface area contributed by atoms with Gasteiger partial charge in [-0.3, -0.25) is 9.59 Å². The molecule has 0 saturated heterocycles. The second kappa shape index (κ2) is 8.39. The first kappa shape index (κ1) is 17.8. The van der Waals surface area contributed by atoms with Gasteiger partial charge in [0.25, 0.3) is 0 Å². The number of hydrogen-bond acceptors (Lipinski definition) is 6. The summed E-state index contributed by atoms with van der Waals surface area (Å²) in [5.41, 5.74) is 0.969. The molecule has 3 aromatic heterocycles. The molecule has 3 N–H and O–H groups in total. The van der Waals surface area contributed by atoms with Gasteiger partial charge in [-0.2, -0.15) is 11.3 Å². The summed E-state index contributed by atoms with van der Waals surface area (Å²) in [5, 5.41) is 21.2. The summed E-state index contributed by atoms with van der Waals surface area (Å²) >= 11 is 4.45. The van der Waals surface area contributed by atoms with Crippen LogP contribution >= 0.6 is 34.0 Å². The zero-order valence-electron chi connectivity index (χ0n) is 13.1. The molecule has 0 spiro atoms. The lowest BCUT2D eigenvalue weighted by Gasteiger charge is -2.06. The number of carbonyl (C=O) groups excluding carboxylic acids is 2. The second-order valence-electron chi connectivity index (χ2n) is 5.22. The Morgan fingerprint density at radius 2 is 1.80 bits per heavy atom. The van der Waals surface area contributed by atoms with Crippen molar-refractivity contribution in [3.63, 3.8) is 0 Å². The van der Waals surface area contributed by atoms with Crippen LogP contribution in [0.15, 0.2) is 46.5 Å². The second-order valence-corrected chi connectivity index (χ2v) is 8.18. The maximum Gasteiger partial charge on any atom is 0.309 e. The van der Waals surface area contributed by atoms with Gasteiger partial charge in [0.2, 0.25) is 0 Å². The molecule has 130 valence electrons. The highest BCUT2D eigenvalue weighted by molar-refractivity contribution is 7.13. The largest absolute Gasteiger partial charge is 0.382 e. The molecule has 5 nitrogen and oxygen atoms in total. The predicted octanol–water partition coefficient (Wildman–Crippen LogP) is 2.89. The SMILES string of the molecule is O=C(NCc1ccsc1)C(=O)NCc1ccc(C(O)c2cccs2)s1. The van der Waals surface area contributed by atoms with Gasteiger partial charge >= 0.3 is 11.8 Å².